The SMILES string of the molecule is CNc1ccc(C#Cc2ccc(C(C)(C)C)cc2)cc1.CO.O=CC=O. The topological polar surface area (TPSA) is 66.4 Å². The third-order valence-electron chi connectivity index (χ3n) is 3.33. The van der Waals surface area contributed by atoms with Crippen molar-refractivity contribution in [2.24, 2.45) is 0 Å². The van der Waals surface area contributed by atoms with Crippen molar-refractivity contribution in [3.05, 3.63) is 65.2 Å². The highest BCUT2D eigenvalue weighted by atomic mass is 16.2. The summed E-state index contributed by atoms with van der Waals surface area (Å²) in [6, 6.07) is 16.6. The summed E-state index contributed by atoms with van der Waals surface area (Å²) < 4.78 is 0. The van der Waals surface area contributed by atoms with Crippen molar-refractivity contribution in [3.63, 3.8) is 0 Å². The lowest BCUT2D eigenvalue weighted by Crippen LogP contribution is -2.10. The second-order valence-electron chi connectivity index (χ2n) is 6.18. The van der Waals surface area contributed by atoms with Crippen LogP contribution in [0, 0.1) is 11.8 Å². The van der Waals surface area contributed by atoms with Crippen LogP contribution < -0.4 is 5.32 Å². The second-order valence-corrected chi connectivity index (χ2v) is 6.18. The highest BCUT2D eigenvalue weighted by Gasteiger charge is 2.12. The van der Waals surface area contributed by atoms with E-state index in [0.717, 1.165) is 23.9 Å². The maximum absolute atomic E-state index is 8.81. The van der Waals surface area contributed by atoms with Crippen molar-refractivity contribution in [2.75, 3.05) is 19.5 Å². The Morgan fingerprint density at radius 2 is 1.19 bits per heavy atom. The van der Waals surface area contributed by atoms with Crippen LogP contribution in [0.4, 0.5) is 5.69 Å². The molecule has 4 nitrogen and oxygen atoms in total. The van der Waals surface area contributed by atoms with Crippen LogP contribution in [0.15, 0.2) is 48.5 Å². The average Bonchev–Trinajstić information content (AvgIpc) is 2.68. The molecule has 0 unspecified atom stereocenters. The predicted molar refractivity (Wildman–Crippen MR) is 107 cm³/mol. The molecule has 0 radical (unpaired) electrons. The first kappa shape index (κ1) is 23.1. The van der Waals surface area contributed by atoms with Gasteiger partial charge in [0.25, 0.3) is 0 Å². The molecule has 0 aliphatic rings. The number of hydrogen-bond acceptors (Lipinski definition) is 4. The summed E-state index contributed by atoms with van der Waals surface area (Å²) in [5.41, 5.74) is 4.71. The van der Waals surface area contributed by atoms with E-state index in [-0.39, 0.29) is 18.0 Å². The lowest BCUT2D eigenvalue weighted by molar-refractivity contribution is -0.122. The number of benzene rings is 2. The number of aldehydes is 2. The molecular formula is C22H27NO3. The van der Waals surface area contributed by atoms with Crippen LogP contribution in [0.5, 0.6) is 0 Å². The predicted octanol–water partition coefficient (Wildman–Crippen LogP) is 3.42. The minimum atomic E-state index is 0.189. The van der Waals surface area contributed by atoms with Crippen molar-refractivity contribution in [1.82, 2.24) is 0 Å². The first-order chi connectivity index (χ1) is 12.4. The van der Waals surface area contributed by atoms with Gasteiger partial charge in [0.2, 0.25) is 0 Å². The molecule has 4 heteroatoms. The van der Waals surface area contributed by atoms with Gasteiger partial charge in [-0.25, -0.2) is 0 Å². The summed E-state index contributed by atoms with van der Waals surface area (Å²) in [5, 5.41) is 10.1. The molecular weight excluding hydrogens is 326 g/mol. The molecule has 0 spiro atoms. The van der Waals surface area contributed by atoms with Crippen molar-refractivity contribution in [2.45, 2.75) is 26.2 Å². The molecule has 2 rings (SSSR count). The summed E-state index contributed by atoms with van der Waals surface area (Å²) >= 11 is 0. The summed E-state index contributed by atoms with van der Waals surface area (Å²) in [7, 11) is 2.91. The highest BCUT2D eigenvalue weighted by Crippen LogP contribution is 2.21. The zero-order chi connectivity index (χ0) is 20.0. The number of carbonyl (C=O) groups is 2. The molecule has 0 fully saturated rings. The summed E-state index contributed by atoms with van der Waals surface area (Å²) in [6.45, 7) is 6.66. The maximum atomic E-state index is 8.81. The second kappa shape index (κ2) is 12.5. The molecule has 2 N–H and O–H groups in total. The van der Waals surface area contributed by atoms with Crippen molar-refractivity contribution in [3.8, 4) is 11.8 Å². The third-order valence-corrected chi connectivity index (χ3v) is 3.33. The molecule has 2 aromatic carbocycles. The average molecular weight is 353 g/mol. The minimum Gasteiger partial charge on any atom is -0.400 e. The third kappa shape index (κ3) is 8.81. The fourth-order valence-corrected chi connectivity index (χ4v) is 1.92. The van der Waals surface area contributed by atoms with Crippen LogP contribution in [0.1, 0.15) is 37.5 Å². The van der Waals surface area contributed by atoms with Gasteiger partial charge in [-0.2, -0.15) is 0 Å². The number of rotatable bonds is 2. The maximum Gasteiger partial charge on any atom is 0.182 e. The number of hydrogen-bond donors (Lipinski definition) is 2. The van der Waals surface area contributed by atoms with Crippen LogP contribution in [0.25, 0.3) is 0 Å². The monoisotopic (exact) mass is 353 g/mol. The van der Waals surface area contributed by atoms with Crippen LogP contribution in [-0.4, -0.2) is 31.8 Å². The van der Waals surface area contributed by atoms with E-state index in [1.807, 2.05) is 31.3 Å². The largest absolute Gasteiger partial charge is 0.400 e. The Morgan fingerprint density at radius 1 is 0.808 bits per heavy atom. The standard InChI is InChI=1S/C19H21N.C2H2O2.CH4O/c1-19(2,3)17-11-7-15(8-12-17)5-6-16-9-13-18(20-4)14-10-16;3-1-2-4;1-2/h7-14,20H,1-4H3;1-2H;2H,1H3. The lowest BCUT2D eigenvalue weighted by atomic mass is 9.87. The highest BCUT2D eigenvalue weighted by molar-refractivity contribution is 6.09. The Balaban J connectivity index is 0.000000920. The fourth-order valence-electron chi connectivity index (χ4n) is 1.92. The molecule has 0 aliphatic carbocycles. The van der Waals surface area contributed by atoms with E-state index in [1.165, 1.54) is 5.56 Å². The molecule has 0 heterocycles. The number of anilines is 1. The van der Waals surface area contributed by atoms with Crippen molar-refractivity contribution >= 4 is 18.3 Å². The Hall–Kier alpha value is -2.90. The number of aliphatic hydroxyl groups excluding tert-OH is 1. The van der Waals surface area contributed by atoms with Gasteiger partial charge >= 0.3 is 0 Å². The first-order valence-corrected chi connectivity index (χ1v) is 8.14. The smallest absolute Gasteiger partial charge is 0.182 e. The summed E-state index contributed by atoms with van der Waals surface area (Å²) in [5.74, 6) is 6.40. The van der Waals surface area contributed by atoms with E-state index in [0.29, 0.717) is 0 Å². The number of nitrogens with one attached hydrogen (secondary N) is 1. The van der Waals surface area contributed by atoms with Crippen molar-refractivity contribution in [1.29, 1.82) is 0 Å². The van der Waals surface area contributed by atoms with E-state index >= 15 is 0 Å². The Kier molecular flexibility index (Phi) is 11.1. The molecule has 0 saturated heterocycles. The molecule has 0 saturated carbocycles. The molecule has 138 valence electrons. The van der Waals surface area contributed by atoms with Gasteiger partial charge in [0.1, 0.15) is 0 Å². The zero-order valence-corrected chi connectivity index (χ0v) is 16.0. The quantitative estimate of drug-likeness (QED) is 0.493. The Labute approximate surface area is 156 Å². The molecule has 0 amide bonds. The van der Waals surface area contributed by atoms with Gasteiger partial charge in [-0.3, -0.25) is 9.59 Å². The Bertz CT molecular complexity index is 709. The van der Waals surface area contributed by atoms with Gasteiger partial charge in [-0.05, 0) is 47.4 Å². The zero-order valence-electron chi connectivity index (χ0n) is 16.0. The van der Waals surface area contributed by atoms with Gasteiger partial charge < -0.3 is 10.4 Å². The van der Waals surface area contributed by atoms with Gasteiger partial charge in [0.15, 0.2) is 12.6 Å². The van der Waals surface area contributed by atoms with E-state index in [9.17, 15) is 0 Å². The Morgan fingerprint density at radius 3 is 1.50 bits per heavy atom. The van der Waals surface area contributed by atoms with E-state index in [1.54, 1.807) is 0 Å². The first-order valence-electron chi connectivity index (χ1n) is 8.14. The molecule has 0 aromatic heterocycles. The van der Waals surface area contributed by atoms with Gasteiger partial charge in [0, 0.05) is 31.0 Å². The normalized spacial score (nSPS) is 9.15. The number of carbonyl (C=O) groups excluding carboxylic acids is 2. The fraction of sp³-hybridized carbons (Fsp3) is 0.273. The molecule has 2 aromatic rings. The van der Waals surface area contributed by atoms with Crippen molar-refractivity contribution < 1.29 is 14.7 Å². The van der Waals surface area contributed by atoms with Crippen LogP contribution in [0.3, 0.4) is 0 Å². The van der Waals surface area contributed by atoms with Gasteiger partial charge in [0.05, 0.1) is 0 Å². The molecule has 26 heavy (non-hydrogen) atoms. The molecule has 0 aliphatic heterocycles. The minimum absolute atomic E-state index is 0.189. The lowest BCUT2D eigenvalue weighted by Gasteiger charge is -2.18. The number of aliphatic hydroxyl groups is 1. The van der Waals surface area contributed by atoms with Gasteiger partial charge in [-0.1, -0.05) is 44.7 Å². The summed E-state index contributed by atoms with van der Waals surface area (Å²) in [4.78, 5) is 17.6. The summed E-state index contributed by atoms with van der Waals surface area (Å²) in [6.07, 6.45) is 0.389. The van der Waals surface area contributed by atoms with Crippen LogP contribution >= 0.6 is 0 Å². The van der Waals surface area contributed by atoms with E-state index in [4.69, 9.17) is 14.7 Å². The van der Waals surface area contributed by atoms with E-state index < -0.39 is 0 Å². The van der Waals surface area contributed by atoms with Crippen LogP contribution in [-0.2, 0) is 15.0 Å². The molecule has 0 atom stereocenters. The van der Waals surface area contributed by atoms with E-state index in [2.05, 4.69) is 62.2 Å². The molecule has 0 bridgehead atoms. The van der Waals surface area contributed by atoms with Crippen LogP contribution in [0.2, 0.25) is 0 Å². The van der Waals surface area contributed by atoms with Gasteiger partial charge in [-0.15, -0.1) is 0 Å².